The average Bonchev–Trinajstić information content (AvgIpc) is 2.55. The summed E-state index contributed by atoms with van der Waals surface area (Å²) in [4.78, 5) is 0. The number of unbranched alkanes of at least 4 members (excludes halogenated alkanes) is 1. The average molecular weight is 296 g/mol. The zero-order chi connectivity index (χ0) is 16.0. The van der Waals surface area contributed by atoms with Gasteiger partial charge in [0.05, 0.1) is 0 Å². The van der Waals surface area contributed by atoms with Crippen molar-refractivity contribution in [3.63, 3.8) is 0 Å². The van der Waals surface area contributed by atoms with Crippen LogP contribution in [0, 0.1) is 6.92 Å². The molecule has 1 aromatic heterocycles. The maximum atomic E-state index is 2.39. The second kappa shape index (κ2) is 7.58. The van der Waals surface area contributed by atoms with Crippen LogP contribution in [0.3, 0.4) is 0 Å². The van der Waals surface area contributed by atoms with Crippen molar-refractivity contribution >= 4 is 0 Å². The Morgan fingerprint density at radius 1 is 0.955 bits per heavy atom. The fraction of sp³-hybridized carbons (Fsp3) is 0.476. The van der Waals surface area contributed by atoms with Gasteiger partial charge >= 0.3 is 0 Å². The van der Waals surface area contributed by atoms with Gasteiger partial charge in [0.1, 0.15) is 6.54 Å². The van der Waals surface area contributed by atoms with Crippen molar-refractivity contribution in [2.75, 3.05) is 0 Å². The molecule has 0 N–H and O–H groups in total. The van der Waals surface area contributed by atoms with Crippen LogP contribution in [-0.4, -0.2) is 0 Å². The number of benzene rings is 1. The van der Waals surface area contributed by atoms with Crippen molar-refractivity contribution in [3.8, 4) is 0 Å². The number of hydrogen-bond donors (Lipinski definition) is 0. The van der Waals surface area contributed by atoms with Gasteiger partial charge in [-0.15, -0.1) is 0 Å². The minimum absolute atomic E-state index is 0.207. The molecule has 0 bridgehead atoms. The molecule has 2 rings (SSSR count). The Morgan fingerprint density at radius 3 is 2.14 bits per heavy atom. The Bertz CT molecular complexity index is 568. The summed E-state index contributed by atoms with van der Waals surface area (Å²) in [6.07, 6.45) is 9.23. The lowest BCUT2D eigenvalue weighted by molar-refractivity contribution is -0.697. The highest BCUT2D eigenvalue weighted by Gasteiger charge is 2.25. The molecule has 0 radical (unpaired) electrons. The van der Waals surface area contributed by atoms with Crippen LogP contribution >= 0.6 is 0 Å². The van der Waals surface area contributed by atoms with E-state index in [1.807, 2.05) is 0 Å². The lowest BCUT2D eigenvalue weighted by Crippen LogP contribution is -2.34. The molecule has 0 spiro atoms. The van der Waals surface area contributed by atoms with Crippen LogP contribution in [0.2, 0.25) is 0 Å². The van der Waals surface area contributed by atoms with Crippen molar-refractivity contribution < 1.29 is 4.57 Å². The minimum Gasteiger partial charge on any atom is -0.205 e. The summed E-state index contributed by atoms with van der Waals surface area (Å²) in [5.74, 6) is 0. The number of aromatic nitrogens is 1. The van der Waals surface area contributed by atoms with Crippen molar-refractivity contribution in [1.82, 2.24) is 0 Å². The first-order valence-corrected chi connectivity index (χ1v) is 8.62. The number of nitrogens with zero attached hydrogens (tertiary/aromatic N) is 1. The Labute approximate surface area is 136 Å². The fourth-order valence-electron chi connectivity index (χ4n) is 2.94. The van der Waals surface area contributed by atoms with E-state index >= 15 is 0 Å². The smallest absolute Gasteiger partial charge is 0.169 e. The van der Waals surface area contributed by atoms with Gasteiger partial charge in [0, 0.05) is 18.6 Å². The Morgan fingerprint density at radius 2 is 1.59 bits per heavy atom. The van der Waals surface area contributed by atoms with Crippen LogP contribution in [0.25, 0.3) is 0 Å². The molecule has 1 heteroatoms. The Kier molecular flexibility index (Phi) is 5.76. The molecule has 0 saturated carbocycles. The van der Waals surface area contributed by atoms with Crippen molar-refractivity contribution in [2.24, 2.45) is 0 Å². The summed E-state index contributed by atoms with van der Waals surface area (Å²) in [5.41, 5.74) is 4.42. The summed E-state index contributed by atoms with van der Waals surface area (Å²) >= 11 is 0. The molecule has 1 aromatic carbocycles. The molecule has 22 heavy (non-hydrogen) atoms. The molecule has 1 unspecified atom stereocenters. The fourth-order valence-corrected chi connectivity index (χ4v) is 2.94. The lowest BCUT2D eigenvalue weighted by Gasteiger charge is -2.28. The number of hydrogen-bond acceptors (Lipinski definition) is 0. The molecule has 0 saturated heterocycles. The second-order valence-electron chi connectivity index (χ2n) is 6.75. The molecule has 1 nitrogen and oxygen atoms in total. The minimum atomic E-state index is 0.207. The Balaban J connectivity index is 2.16. The van der Waals surface area contributed by atoms with Crippen LogP contribution < -0.4 is 4.57 Å². The predicted molar refractivity (Wildman–Crippen MR) is 94.1 cm³/mol. The van der Waals surface area contributed by atoms with Crippen LogP contribution in [0.1, 0.15) is 56.7 Å². The molecule has 0 aliphatic carbocycles. The molecule has 0 aliphatic rings. The molecule has 118 valence electrons. The van der Waals surface area contributed by atoms with E-state index in [0.717, 1.165) is 19.4 Å². The van der Waals surface area contributed by atoms with Gasteiger partial charge in [0.15, 0.2) is 12.4 Å². The van der Waals surface area contributed by atoms with Gasteiger partial charge in [-0.05, 0) is 36.3 Å². The van der Waals surface area contributed by atoms with E-state index in [4.69, 9.17) is 0 Å². The van der Waals surface area contributed by atoms with E-state index in [-0.39, 0.29) is 5.41 Å². The zero-order valence-electron chi connectivity index (χ0n) is 14.6. The van der Waals surface area contributed by atoms with Crippen LogP contribution in [-0.2, 0) is 18.4 Å². The van der Waals surface area contributed by atoms with Gasteiger partial charge in [-0.3, -0.25) is 0 Å². The molecular weight excluding hydrogens is 266 g/mol. The van der Waals surface area contributed by atoms with E-state index < -0.39 is 0 Å². The third-order valence-corrected chi connectivity index (χ3v) is 4.85. The van der Waals surface area contributed by atoms with Gasteiger partial charge in [-0.25, -0.2) is 4.57 Å². The van der Waals surface area contributed by atoms with Gasteiger partial charge in [0.25, 0.3) is 0 Å². The van der Waals surface area contributed by atoms with Crippen molar-refractivity contribution in [2.45, 2.75) is 65.3 Å². The third kappa shape index (κ3) is 4.19. The second-order valence-corrected chi connectivity index (χ2v) is 6.75. The summed E-state index contributed by atoms with van der Waals surface area (Å²) in [6.45, 7) is 10.2. The van der Waals surface area contributed by atoms with Crippen LogP contribution in [0.4, 0.5) is 0 Å². The summed E-state index contributed by atoms with van der Waals surface area (Å²) in [5, 5.41) is 0. The standard InChI is InChI=1S/C21H30N/c1-5-7-14-22-15-12-20(13-16-22)21(4,6-2)17-19-10-8-18(3)9-11-19/h8-13,15-16H,5-7,14,17H2,1-4H3/q+1. The first-order valence-electron chi connectivity index (χ1n) is 8.62. The van der Waals surface area contributed by atoms with Crippen LogP contribution in [0.15, 0.2) is 48.8 Å². The SMILES string of the molecule is CCCC[n+]1ccc(C(C)(CC)Cc2ccc(C)cc2)cc1. The predicted octanol–water partition coefficient (Wildman–Crippen LogP) is 4.99. The molecule has 1 atom stereocenters. The highest BCUT2D eigenvalue weighted by molar-refractivity contribution is 5.28. The number of pyridine rings is 1. The highest BCUT2D eigenvalue weighted by Crippen LogP contribution is 2.31. The zero-order valence-corrected chi connectivity index (χ0v) is 14.6. The number of aryl methyl sites for hydroxylation is 2. The molecule has 0 fully saturated rings. The first kappa shape index (κ1) is 16.7. The lowest BCUT2D eigenvalue weighted by atomic mass is 9.75. The van der Waals surface area contributed by atoms with E-state index in [1.54, 1.807) is 0 Å². The topological polar surface area (TPSA) is 3.88 Å². The molecule has 1 heterocycles. The van der Waals surface area contributed by atoms with Gasteiger partial charge in [-0.1, -0.05) is 57.0 Å². The van der Waals surface area contributed by atoms with Crippen molar-refractivity contribution in [3.05, 3.63) is 65.5 Å². The summed E-state index contributed by atoms with van der Waals surface area (Å²) in [7, 11) is 0. The maximum Gasteiger partial charge on any atom is 0.169 e. The summed E-state index contributed by atoms with van der Waals surface area (Å²) < 4.78 is 2.30. The molecule has 0 aliphatic heterocycles. The van der Waals surface area contributed by atoms with Crippen molar-refractivity contribution in [1.29, 1.82) is 0 Å². The molecule has 2 aromatic rings. The van der Waals surface area contributed by atoms with E-state index in [9.17, 15) is 0 Å². The van der Waals surface area contributed by atoms with E-state index in [2.05, 4.69) is 81.1 Å². The monoisotopic (exact) mass is 296 g/mol. The highest BCUT2D eigenvalue weighted by atomic mass is 14.9. The largest absolute Gasteiger partial charge is 0.205 e. The summed E-state index contributed by atoms with van der Waals surface area (Å²) in [6, 6.07) is 13.6. The first-order chi connectivity index (χ1) is 10.6. The van der Waals surface area contributed by atoms with Gasteiger partial charge in [-0.2, -0.15) is 0 Å². The normalized spacial score (nSPS) is 13.8. The third-order valence-electron chi connectivity index (χ3n) is 4.85. The quantitative estimate of drug-likeness (QED) is 0.634. The van der Waals surface area contributed by atoms with E-state index in [0.29, 0.717) is 0 Å². The molecule has 0 amide bonds. The van der Waals surface area contributed by atoms with Crippen LogP contribution in [0.5, 0.6) is 0 Å². The Hall–Kier alpha value is -1.63. The van der Waals surface area contributed by atoms with Gasteiger partial charge < -0.3 is 0 Å². The molecular formula is C21H30N+. The number of rotatable bonds is 7. The maximum absolute atomic E-state index is 2.39. The van der Waals surface area contributed by atoms with E-state index in [1.165, 1.54) is 29.5 Å². The van der Waals surface area contributed by atoms with Gasteiger partial charge in [0.2, 0.25) is 0 Å².